The van der Waals surface area contributed by atoms with Crippen LogP contribution in [0.4, 0.5) is 11.4 Å². The number of nitrogens with zero attached hydrogens (tertiary/aromatic N) is 1. The quantitative estimate of drug-likeness (QED) is 0.744. The van der Waals surface area contributed by atoms with Crippen molar-refractivity contribution >= 4 is 29.4 Å². The zero-order valence-electron chi connectivity index (χ0n) is 11.5. The van der Waals surface area contributed by atoms with E-state index in [1.807, 2.05) is 12.1 Å². The predicted octanol–water partition coefficient (Wildman–Crippen LogP) is 4.90. The number of fused-ring (bicyclic) bond motifs is 2. The molecular formula is C17H17NOS. The first-order valence-corrected chi connectivity index (χ1v) is 7.79. The van der Waals surface area contributed by atoms with Crippen LogP contribution in [0, 0.1) is 0 Å². The Balaban J connectivity index is 2.07. The molecule has 1 aliphatic rings. The lowest BCUT2D eigenvalue weighted by atomic mass is 10.1. The van der Waals surface area contributed by atoms with Crippen LogP contribution in [0.3, 0.4) is 0 Å². The van der Waals surface area contributed by atoms with Crippen molar-refractivity contribution in [1.82, 2.24) is 0 Å². The van der Waals surface area contributed by atoms with Gasteiger partial charge in [0.25, 0.3) is 0 Å². The topological polar surface area (TPSA) is 20.3 Å². The number of anilines is 2. The van der Waals surface area contributed by atoms with Crippen LogP contribution in [0.15, 0.2) is 52.3 Å². The monoisotopic (exact) mass is 283 g/mol. The third kappa shape index (κ3) is 2.34. The van der Waals surface area contributed by atoms with E-state index in [1.165, 1.54) is 27.6 Å². The molecule has 0 aromatic heterocycles. The Morgan fingerprint density at radius 2 is 1.90 bits per heavy atom. The van der Waals surface area contributed by atoms with E-state index in [0.717, 1.165) is 24.8 Å². The minimum atomic E-state index is 0.742. The second-order valence-corrected chi connectivity index (χ2v) is 6.00. The maximum Gasteiger partial charge on any atom is 0.150 e. The standard InChI is InChI=1S/C17H17NOS/c1-2-3-10-18-14-6-4-5-7-16(14)20-17-11-13(12-19)8-9-15(17)18/h4-9,11-12H,2-3,10H2,1H3. The molecule has 20 heavy (non-hydrogen) atoms. The summed E-state index contributed by atoms with van der Waals surface area (Å²) in [6, 6.07) is 14.4. The van der Waals surface area contributed by atoms with Crippen LogP contribution < -0.4 is 4.90 Å². The van der Waals surface area contributed by atoms with Gasteiger partial charge in [-0.2, -0.15) is 0 Å². The summed E-state index contributed by atoms with van der Waals surface area (Å²) in [4.78, 5) is 15.8. The molecular weight excluding hydrogens is 266 g/mol. The fourth-order valence-corrected chi connectivity index (χ4v) is 3.62. The molecule has 0 atom stereocenters. The van der Waals surface area contributed by atoms with Crippen molar-refractivity contribution in [1.29, 1.82) is 0 Å². The van der Waals surface area contributed by atoms with Gasteiger partial charge in [-0.05, 0) is 36.8 Å². The SMILES string of the molecule is CCCCN1c2ccccc2Sc2cc(C=O)ccc21. The van der Waals surface area contributed by atoms with Gasteiger partial charge < -0.3 is 4.90 Å². The Morgan fingerprint density at radius 3 is 2.70 bits per heavy atom. The lowest BCUT2D eigenvalue weighted by Gasteiger charge is -2.32. The summed E-state index contributed by atoms with van der Waals surface area (Å²) in [6.07, 6.45) is 3.25. The Bertz CT molecular complexity index is 639. The van der Waals surface area contributed by atoms with E-state index in [1.54, 1.807) is 11.8 Å². The lowest BCUT2D eigenvalue weighted by molar-refractivity contribution is 0.112. The predicted molar refractivity (Wildman–Crippen MR) is 84.3 cm³/mol. The summed E-state index contributed by atoms with van der Waals surface area (Å²) in [6.45, 7) is 3.22. The van der Waals surface area contributed by atoms with Crippen molar-refractivity contribution in [3.63, 3.8) is 0 Å². The highest BCUT2D eigenvalue weighted by Gasteiger charge is 2.22. The Morgan fingerprint density at radius 1 is 1.10 bits per heavy atom. The van der Waals surface area contributed by atoms with E-state index >= 15 is 0 Å². The first-order chi connectivity index (χ1) is 9.83. The average Bonchev–Trinajstić information content (AvgIpc) is 2.50. The molecule has 0 spiro atoms. The van der Waals surface area contributed by atoms with Crippen molar-refractivity contribution < 1.29 is 4.79 Å². The molecule has 102 valence electrons. The molecule has 0 aliphatic carbocycles. The highest BCUT2D eigenvalue weighted by atomic mass is 32.2. The third-order valence-corrected chi connectivity index (χ3v) is 4.63. The van der Waals surface area contributed by atoms with Gasteiger partial charge in [-0.25, -0.2) is 0 Å². The van der Waals surface area contributed by atoms with E-state index < -0.39 is 0 Å². The summed E-state index contributed by atoms with van der Waals surface area (Å²) in [5, 5.41) is 0. The van der Waals surface area contributed by atoms with Gasteiger partial charge in [-0.3, -0.25) is 4.79 Å². The molecule has 0 radical (unpaired) electrons. The second kappa shape index (κ2) is 5.71. The molecule has 3 heteroatoms. The zero-order chi connectivity index (χ0) is 13.9. The number of hydrogen-bond donors (Lipinski definition) is 0. The molecule has 0 fully saturated rings. The fraction of sp³-hybridized carbons (Fsp3) is 0.235. The van der Waals surface area contributed by atoms with Gasteiger partial charge in [0.15, 0.2) is 0 Å². The molecule has 0 unspecified atom stereocenters. The minimum Gasteiger partial charge on any atom is -0.340 e. The maximum absolute atomic E-state index is 11.0. The molecule has 0 saturated heterocycles. The number of aldehydes is 1. The van der Waals surface area contributed by atoms with Crippen molar-refractivity contribution in [3.05, 3.63) is 48.0 Å². The Hall–Kier alpha value is -1.74. The number of unbranched alkanes of at least 4 members (excludes halogenated alkanes) is 1. The van der Waals surface area contributed by atoms with Gasteiger partial charge in [0.1, 0.15) is 6.29 Å². The largest absolute Gasteiger partial charge is 0.340 e. The minimum absolute atomic E-state index is 0.742. The van der Waals surface area contributed by atoms with Gasteiger partial charge >= 0.3 is 0 Å². The molecule has 1 heterocycles. The first kappa shape index (κ1) is 13.3. The molecule has 3 rings (SSSR count). The maximum atomic E-state index is 11.0. The van der Waals surface area contributed by atoms with Crippen molar-refractivity contribution in [3.8, 4) is 0 Å². The Kier molecular flexibility index (Phi) is 3.79. The average molecular weight is 283 g/mol. The van der Waals surface area contributed by atoms with E-state index in [-0.39, 0.29) is 0 Å². The van der Waals surface area contributed by atoms with Gasteiger partial charge in [0.2, 0.25) is 0 Å². The summed E-state index contributed by atoms with van der Waals surface area (Å²) in [7, 11) is 0. The Labute approximate surface area is 123 Å². The van der Waals surface area contributed by atoms with Crippen LogP contribution in [0.25, 0.3) is 0 Å². The zero-order valence-corrected chi connectivity index (χ0v) is 12.3. The fourth-order valence-electron chi connectivity index (χ4n) is 2.48. The van der Waals surface area contributed by atoms with Gasteiger partial charge in [-0.15, -0.1) is 0 Å². The number of carbonyl (C=O) groups excluding carboxylic acids is 1. The lowest BCUT2D eigenvalue weighted by Crippen LogP contribution is -2.21. The molecule has 0 N–H and O–H groups in total. The first-order valence-electron chi connectivity index (χ1n) is 6.97. The molecule has 0 saturated carbocycles. The van der Waals surface area contributed by atoms with Gasteiger partial charge in [0, 0.05) is 21.9 Å². The molecule has 1 aliphatic heterocycles. The third-order valence-electron chi connectivity index (χ3n) is 3.52. The van der Waals surface area contributed by atoms with Crippen LogP contribution in [-0.4, -0.2) is 12.8 Å². The van der Waals surface area contributed by atoms with Crippen LogP contribution in [0.1, 0.15) is 30.1 Å². The van der Waals surface area contributed by atoms with Crippen LogP contribution in [-0.2, 0) is 0 Å². The van der Waals surface area contributed by atoms with Crippen LogP contribution in [0.2, 0.25) is 0 Å². The summed E-state index contributed by atoms with van der Waals surface area (Å²) in [5.74, 6) is 0. The van der Waals surface area contributed by atoms with Crippen molar-refractivity contribution in [2.75, 3.05) is 11.4 Å². The van der Waals surface area contributed by atoms with E-state index in [2.05, 4.69) is 42.2 Å². The highest BCUT2D eigenvalue weighted by Crippen LogP contribution is 2.48. The van der Waals surface area contributed by atoms with Crippen LogP contribution >= 0.6 is 11.8 Å². The summed E-state index contributed by atoms with van der Waals surface area (Å²) < 4.78 is 0. The van der Waals surface area contributed by atoms with E-state index in [0.29, 0.717) is 0 Å². The molecule has 2 aromatic rings. The van der Waals surface area contributed by atoms with Gasteiger partial charge in [0.05, 0.1) is 11.4 Å². The van der Waals surface area contributed by atoms with Crippen molar-refractivity contribution in [2.45, 2.75) is 29.6 Å². The highest BCUT2D eigenvalue weighted by molar-refractivity contribution is 7.99. The second-order valence-electron chi connectivity index (χ2n) is 4.92. The molecule has 0 bridgehead atoms. The van der Waals surface area contributed by atoms with Gasteiger partial charge in [-0.1, -0.05) is 37.2 Å². The van der Waals surface area contributed by atoms with E-state index in [4.69, 9.17) is 0 Å². The van der Waals surface area contributed by atoms with Crippen LogP contribution in [0.5, 0.6) is 0 Å². The number of benzene rings is 2. The number of hydrogen-bond acceptors (Lipinski definition) is 3. The number of para-hydroxylation sites is 1. The molecule has 0 amide bonds. The summed E-state index contributed by atoms with van der Waals surface area (Å²) in [5.41, 5.74) is 3.23. The summed E-state index contributed by atoms with van der Waals surface area (Å²) >= 11 is 1.75. The molecule has 2 aromatic carbocycles. The number of rotatable bonds is 4. The molecule has 2 nitrogen and oxygen atoms in total. The number of carbonyl (C=O) groups is 1. The smallest absolute Gasteiger partial charge is 0.150 e. The van der Waals surface area contributed by atoms with Crippen molar-refractivity contribution in [2.24, 2.45) is 0 Å². The normalized spacial score (nSPS) is 12.8. The van der Waals surface area contributed by atoms with E-state index in [9.17, 15) is 4.79 Å².